The number of halogens is 3. The largest absolute Gasteiger partial charge is 0.488 e. The SMILES string of the molecule is COC1C(Br)CC1Oc1ccc(Cl)c(Cl)c1. The first kappa shape index (κ1) is 12.5. The first-order valence-electron chi connectivity index (χ1n) is 4.90. The van der Waals surface area contributed by atoms with Crippen molar-refractivity contribution in [1.82, 2.24) is 0 Å². The lowest BCUT2D eigenvalue weighted by Gasteiger charge is -2.40. The third-order valence-corrected chi connectivity index (χ3v) is 4.26. The predicted octanol–water partition coefficient (Wildman–Crippen LogP) is 3.92. The van der Waals surface area contributed by atoms with Crippen LogP contribution in [0.4, 0.5) is 0 Å². The molecule has 0 N–H and O–H groups in total. The van der Waals surface area contributed by atoms with Crippen LogP contribution in [0.1, 0.15) is 6.42 Å². The molecule has 16 heavy (non-hydrogen) atoms. The third kappa shape index (κ3) is 2.48. The normalized spacial score (nSPS) is 28.6. The summed E-state index contributed by atoms with van der Waals surface area (Å²) in [6.07, 6.45) is 1.10. The van der Waals surface area contributed by atoms with E-state index in [0.717, 1.165) is 12.2 Å². The van der Waals surface area contributed by atoms with Crippen LogP contribution in [-0.4, -0.2) is 24.1 Å². The third-order valence-electron chi connectivity index (χ3n) is 2.63. The molecule has 0 bridgehead atoms. The van der Waals surface area contributed by atoms with Gasteiger partial charge < -0.3 is 9.47 Å². The van der Waals surface area contributed by atoms with Crippen LogP contribution in [0.5, 0.6) is 5.75 Å². The smallest absolute Gasteiger partial charge is 0.127 e. The molecule has 0 saturated heterocycles. The molecule has 2 nitrogen and oxygen atoms in total. The van der Waals surface area contributed by atoms with Gasteiger partial charge in [-0.25, -0.2) is 0 Å². The molecule has 0 aliphatic heterocycles. The lowest BCUT2D eigenvalue weighted by atomic mass is 9.91. The van der Waals surface area contributed by atoms with E-state index in [4.69, 9.17) is 32.7 Å². The molecular weight excluding hydrogens is 315 g/mol. The van der Waals surface area contributed by atoms with Gasteiger partial charge in [0.2, 0.25) is 0 Å². The van der Waals surface area contributed by atoms with Crippen LogP contribution >= 0.6 is 39.1 Å². The molecule has 3 atom stereocenters. The number of alkyl halides is 1. The molecule has 0 heterocycles. The van der Waals surface area contributed by atoms with E-state index >= 15 is 0 Å². The number of ether oxygens (including phenoxy) is 2. The highest BCUT2D eigenvalue weighted by molar-refractivity contribution is 9.09. The summed E-state index contributed by atoms with van der Waals surface area (Å²) in [5, 5.41) is 1.03. The molecule has 1 aliphatic carbocycles. The highest BCUT2D eigenvalue weighted by atomic mass is 79.9. The van der Waals surface area contributed by atoms with Crippen LogP contribution in [0.25, 0.3) is 0 Å². The Morgan fingerprint density at radius 1 is 1.31 bits per heavy atom. The Balaban J connectivity index is 2.02. The van der Waals surface area contributed by atoms with E-state index < -0.39 is 0 Å². The van der Waals surface area contributed by atoms with Crippen molar-refractivity contribution in [2.45, 2.75) is 23.5 Å². The molecular formula is C11H11BrCl2O2. The summed E-state index contributed by atoms with van der Waals surface area (Å²) in [6.45, 7) is 0. The average Bonchev–Trinajstić information content (AvgIpc) is 2.23. The van der Waals surface area contributed by atoms with Gasteiger partial charge in [0.05, 0.1) is 10.0 Å². The lowest BCUT2D eigenvalue weighted by molar-refractivity contribution is -0.0544. The second-order valence-corrected chi connectivity index (χ2v) is 5.67. The Morgan fingerprint density at radius 2 is 2.06 bits per heavy atom. The maximum absolute atomic E-state index is 5.90. The van der Waals surface area contributed by atoms with Crippen LogP contribution in [0.3, 0.4) is 0 Å². The van der Waals surface area contributed by atoms with Crippen molar-refractivity contribution in [2.24, 2.45) is 0 Å². The van der Waals surface area contributed by atoms with Gasteiger partial charge in [-0.3, -0.25) is 0 Å². The number of hydrogen-bond donors (Lipinski definition) is 0. The van der Waals surface area contributed by atoms with E-state index in [1.165, 1.54) is 0 Å². The Hall–Kier alpha value is 0.0400. The van der Waals surface area contributed by atoms with Gasteiger partial charge in [0.25, 0.3) is 0 Å². The van der Waals surface area contributed by atoms with Crippen molar-refractivity contribution in [3.8, 4) is 5.75 Å². The van der Waals surface area contributed by atoms with Gasteiger partial charge in [-0.05, 0) is 12.1 Å². The highest BCUT2D eigenvalue weighted by Gasteiger charge is 2.41. The van der Waals surface area contributed by atoms with Crippen molar-refractivity contribution in [1.29, 1.82) is 0 Å². The number of benzene rings is 1. The maximum atomic E-state index is 5.90. The van der Waals surface area contributed by atoms with Crippen LogP contribution < -0.4 is 4.74 Å². The molecule has 1 aromatic rings. The Labute approximate surface area is 113 Å². The second-order valence-electron chi connectivity index (χ2n) is 3.68. The Bertz CT molecular complexity index is 386. The summed E-state index contributed by atoms with van der Waals surface area (Å²) in [5.41, 5.74) is 0. The molecule has 0 radical (unpaired) electrons. The minimum atomic E-state index is 0.0756. The summed E-state index contributed by atoms with van der Waals surface area (Å²) in [6, 6.07) is 5.26. The molecule has 1 aromatic carbocycles. The number of methoxy groups -OCH3 is 1. The molecule has 0 amide bonds. The van der Waals surface area contributed by atoms with Gasteiger partial charge in [-0.15, -0.1) is 0 Å². The van der Waals surface area contributed by atoms with Gasteiger partial charge in [0.1, 0.15) is 18.0 Å². The summed E-state index contributed by atoms with van der Waals surface area (Å²) in [5.74, 6) is 0.723. The molecule has 1 fully saturated rings. The summed E-state index contributed by atoms with van der Waals surface area (Å²) in [7, 11) is 1.68. The highest BCUT2D eigenvalue weighted by Crippen LogP contribution is 2.35. The topological polar surface area (TPSA) is 18.5 Å². The van der Waals surface area contributed by atoms with Crippen LogP contribution in [0.15, 0.2) is 18.2 Å². The molecule has 0 spiro atoms. The fourth-order valence-electron chi connectivity index (χ4n) is 1.67. The van der Waals surface area contributed by atoms with E-state index in [9.17, 15) is 0 Å². The fourth-order valence-corrected chi connectivity index (χ4v) is 2.88. The fraction of sp³-hybridized carbons (Fsp3) is 0.455. The molecule has 0 aromatic heterocycles. The van der Waals surface area contributed by atoms with E-state index in [2.05, 4.69) is 15.9 Å². The molecule has 1 saturated carbocycles. The van der Waals surface area contributed by atoms with Gasteiger partial charge in [-0.1, -0.05) is 39.1 Å². The van der Waals surface area contributed by atoms with E-state index in [1.807, 2.05) is 6.07 Å². The second kappa shape index (κ2) is 5.13. The van der Waals surface area contributed by atoms with Crippen molar-refractivity contribution < 1.29 is 9.47 Å². The summed E-state index contributed by atoms with van der Waals surface area (Å²) in [4.78, 5) is 0.366. The Morgan fingerprint density at radius 3 is 2.62 bits per heavy atom. The summed E-state index contributed by atoms with van der Waals surface area (Å²) >= 11 is 15.2. The molecule has 5 heteroatoms. The number of hydrogen-bond acceptors (Lipinski definition) is 2. The Kier molecular flexibility index (Phi) is 4.01. The standard InChI is InChI=1S/C11H11BrCl2O2/c1-15-11-7(12)5-10(11)16-6-2-3-8(13)9(14)4-6/h2-4,7,10-11H,5H2,1H3. The van der Waals surface area contributed by atoms with Crippen molar-refractivity contribution in [3.63, 3.8) is 0 Å². The van der Waals surface area contributed by atoms with Crippen molar-refractivity contribution in [3.05, 3.63) is 28.2 Å². The molecule has 1 aliphatic rings. The van der Waals surface area contributed by atoms with Crippen molar-refractivity contribution in [2.75, 3.05) is 7.11 Å². The zero-order valence-electron chi connectivity index (χ0n) is 8.62. The minimum absolute atomic E-state index is 0.0756. The first-order chi connectivity index (χ1) is 7.61. The van der Waals surface area contributed by atoms with E-state index in [-0.39, 0.29) is 12.2 Å². The van der Waals surface area contributed by atoms with E-state index in [1.54, 1.807) is 19.2 Å². The maximum Gasteiger partial charge on any atom is 0.127 e. The first-order valence-corrected chi connectivity index (χ1v) is 6.57. The lowest BCUT2D eigenvalue weighted by Crippen LogP contribution is -2.51. The van der Waals surface area contributed by atoms with E-state index in [0.29, 0.717) is 14.9 Å². The quantitative estimate of drug-likeness (QED) is 0.784. The number of rotatable bonds is 3. The van der Waals surface area contributed by atoms with Gasteiger partial charge in [-0.2, -0.15) is 0 Å². The van der Waals surface area contributed by atoms with Gasteiger partial charge in [0, 0.05) is 24.4 Å². The minimum Gasteiger partial charge on any atom is -0.488 e. The van der Waals surface area contributed by atoms with Crippen LogP contribution in [0.2, 0.25) is 10.0 Å². The summed E-state index contributed by atoms with van der Waals surface area (Å²) < 4.78 is 11.1. The average molecular weight is 326 g/mol. The molecule has 88 valence electrons. The zero-order chi connectivity index (χ0) is 11.7. The molecule has 3 unspecified atom stereocenters. The zero-order valence-corrected chi connectivity index (χ0v) is 11.7. The van der Waals surface area contributed by atoms with Crippen LogP contribution in [0, 0.1) is 0 Å². The predicted molar refractivity (Wildman–Crippen MR) is 69.0 cm³/mol. The molecule has 2 rings (SSSR count). The van der Waals surface area contributed by atoms with Crippen LogP contribution in [-0.2, 0) is 4.74 Å². The van der Waals surface area contributed by atoms with Gasteiger partial charge >= 0.3 is 0 Å². The van der Waals surface area contributed by atoms with Gasteiger partial charge in [0.15, 0.2) is 0 Å². The van der Waals surface area contributed by atoms with Crippen molar-refractivity contribution >= 4 is 39.1 Å². The monoisotopic (exact) mass is 324 g/mol.